The van der Waals surface area contributed by atoms with E-state index >= 15 is 0 Å². The van der Waals surface area contributed by atoms with E-state index in [1.807, 2.05) is 20.8 Å². The minimum Gasteiger partial charge on any atom is -0.481 e. The molecule has 0 aliphatic heterocycles. The lowest BCUT2D eigenvalue weighted by Gasteiger charge is -2.28. The number of carboxylic acid groups (broad SMARTS) is 2. The van der Waals surface area contributed by atoms with Gasteiger partial charge in [-0.3, -0.25) is 9.59 Å². The number of aldehydes is 2. The van der Waals surface area contributed by atoms with Crippen molar-refractivity contribution in [1.29, 1.82) is 0 Å². The molecule has 0 aromatic heterocycles. The average molecular weight is 370 g/mol. The standard InChI is InChI=1S/2C9H14O3.C2H6/c1-6-2-3-8(9(11)12)7(4-6)5-10;1-6-2-3-7(5-10)8(4-6)9(11)12;1-2/h2*5-8H,2-4H2,1H3,(H,11,12);1-2H3. The summed E-state index contributed by atoms with van der Waals surface area (Å²) in [5, 5.41) is 17.6. The number of hydrogen-bond donors (Lipinski definition) is 2. The maximum Gasteiger partial charge on any atom is 0.307 e. The monoisotopic (exact) mass is 370 g/mol. The molecule has 0 bridgehead atoms. The summed E-state index contributed by atoms with van der Waals surface area (Å²) < 4.78 is 0. The SMILES string of the molecule is CC.CC1CCC(C(=O)O)C(C=O)C1.CC1CCC(C=O)C(C(=O)O)C1. The predicted octanol–water partition coefficient (Wildman–Crippen LogP) is 3.67. The lowest BCUT2D eigenvalue weighted by Crippen LogP contribution is -2.30. The molecule has 0 aromatic carbocycles. The molecule has 0 radical (unpaired) electrons. The largest absolute Gasteiger partial charge is 0.481 e. The highest BCUT2D eigenvalue weighted by molar-refractivity contribution is 5.75. The lowest BCUT2D eigenvalue weighted by atomic mass is 9.75. The van der Waals surface area contributed by atoms with Crippen molar-refractivity contribution in [2.24, 2.45) is 35.5 Å². The van der Waals surface area contributed by atoms with Crippen LogP contribution in [0.1, 0.15) is 66.2 Å². The van der Waals surface area contributed by atoms with Gasteiger partial charge in [0.15, 0.2) is 0 Å². The van der Waals surface area contributed by atoms with Gasteiger partial charge in [-0.05, 0) is 50.4 Å². The molecule has 6 atom stereocenters. The molecule has 2 aliphatic carbocycles. The Morgan fingerprint density at radius 2 is 1.19 bits per heavy atom. The highest BCUT2D eigenvalue weighted by atomic mass is 16.4. The molecule has 2 rings (SSSR count). The Bertz CT molecular complexity index is 461. The van der Waals surface area contributed by atoms with Crippen LogP contribution in [0.15, 0.2) is 0 Å². The van der Waals surface area contributed by atoms with Crippen LogP contribution in [-0.4, -0.2) is 34.7 Å². The number of carbonyl (C=O) groups excluding carboxylic acids is 2. The number of aliphatic carboxylic acids is 2. The number of rotatable bonds is 4. The molecule has 2 N–H and O–H groups in total. The fraction of sp³-hybridized carbons (Fsp3) is 0.800. The van der Waals surface area contributed by atoms with Gasteiger partial charge in [-0.2, -0.15) is 0 Å². The quantitative estimate of drug-likeness (QED) is 0.731. The second-order valence-corrected chi connectivity index (χ2v) is 7.33. The first-order valence-corrected chi connectivity index (χ1v) is 9.66. The predicted molar refractivity (Wildman–Crippen MR) is 98.7 cm³/mol. The molecule has 150 valence electrons. The zero-order valence-electron chi connectivity index (χ0n) is 16.4. The van der Waals surface area contributed by atoms with Crippen molar-refractivity contribution in [3.63, 3.8) is 0 Å². The fourth-order valence-electron chi connectivity index (χ4n) is 3.73. The number of carbonyl (C=O) groups is 4. The fourth-order valence-corrected chi connectivity index (χ4v) is 3.73. The lowest BCUT2D eigenvalue weighted by molar-refractivity contribution is -0.147. The summed E-state index contributed by atoms with van der Waals surface area (Å²) in [5.74, 6) is -2.08. The van der Waals surface area contributed by atoms with Crippen LogP contribution in [0.3, 0.4) is 0 Å². The van der Waals surface area contributed by atoms with Gasteiger partial charge in [-0.1, -0.05) is 27.7 Å². The van der Waals surface area contributed by atoms with Gasteiger partial charge in [-0.15, -0.1) is 0 Å². The van der Waals surface area contributed by atoms with Crippen molar-refractivity contribution in [1.82, 2.24) is 0 Å². The van der Waals surface area contributed by atoms with Crippen LogP contribution >= 0.6 is 0 Å². The maximum absolute atomic E-state index is 10.7. The first-order valence-electron chi connectivity index (χ1n) is 9.66. The van der Waals surface area contributed by atoms with Gasteiger partial charge in [0.25, 0.3) is 0 Å². The van der Waals surface area contributed by atoms with Crippen molar-refractivity contribution < 1.29 is 29.4 Å². The Morgan fingerprint density at radius 3 is 1.65 bits per heavy atom. The Morgan fingerprint density at radius 1 is 0.731 bits per heavy atom. The third-order valence-electron chi connectivity index (χ3n) is 5.31. The van der Waals surface area contributed by atoms with E-state index in [0.717, 1.165) is 38.3 Å². The highest BCUT2D eigenvalue weighted by Crippen LogP contribution is 2.33. The van der Waals surface area contributed by atoms with Gasteiger partial charge in [0.2, 0.25) is 0 Å². The van der Waals surface area contributed by atoms with Gasteiger partial charge >= 0.3 is 11.9 Å². The summed E-state index contributed by atoms with van der Waals surface area (Å²) in [5.41, 5.74) is 0. The van der Waals surface area contributed by atoms with Gasteiger partial charge in [0.1, 0.15) is 12.6 Å². The smallest absolute Gasteiger partial charge is 0.307 e. The summed E-state index contributed by atoms with van der Waals surface area (Å²) in [6.07, 6.45) is 6.29. The second kappa shape index (κ2) is 12.6. The van der Waals surface area contributed by atoms with Crippen LogP contribution in [0.2, 0.25) is 0 Å². The highest BCUT2D eigenvalue weighted by Gasteiger charge is 2.34. The molecule has 2 saturated carbocycles. The minimum absolute atomic E-state index is 0.251. The summed E-state index contributed by atoms with van der Waals surface area (Å²) in [7, 11) is 0. The van der Waals surface area contributed by atoms with Crippen molar-refractivity contribution in [3.05, 3.63) is 0 Å². The van der Waals surface area contributed by atoms with E-state index in [-0.39, 0.29) is 11.8 Å². The third kappa shape index (κ3) is 7.67. The summed E-state index contributed by atoms with van der Waals surface area (Å²) in [6.45, 7) is 8.10. The van der Waals surface area contributed by atoms with Crippen molar-refractivity contribution in [3.8, 4) is 0 Å². The van der Waals surface area contributed by atoms with E-state index < -0.39 is 23.8 Å². The van der Waals surface area contributed by atoms with E-state index in [4.69, 9.17) is 10.2 Å². The molecule has 6 unspecified atom stereocenters. The van der Waals surface area contributed by atoms with Crippen LogP contribution in [0.25, 0.3) is 0 Å². The zero-order chi connectivity index (χ0) is 20.3. The van der Waals surface area contributed by atoms with Gasteiger partial charge in [0.05, 0.1) is 11.8 Å². The van der Waals surface area contributed by atoms with Gasteiger partial charge in [-0.25, -0.2) is 0 Å². The normalized spacial score (nSPS) is 33.4. The number of hydrogen-bond acceptors (Lipinski definition) is 4. The molecule has 0 spiro atoms. The van der Waals surface area contributed by atoms with Crippen molar-refractivity contribution in [2.75, 3.05) is 0 Å². The Hall–Kier alpha value is -1.72. The summed E-state index contributed by atoms with van der Waals surface area (Å²) in [4.78, 5) is 42.5. The van der Waals surface area contributed by atoms with Crippen LogP contribution in [0.5, 0.6) is 0 Å². The molecule has 6 heteroatoms. The molecule has 26 heavy (non-hydrogen) atoms. The molecular formula is C20H34O6. The average Bonchev–Trinajstić information content (AvgIpc) is 2.63. The number of carboxylic acids is 2. The van der Waals surface area contributed by atoms with E-state index in [9.17, 15) is 19.2 Å². The second-order valence-electron chi connectivity index (χ2n) is 7.33. The van der Waals surface area contributed by atoms with Crippen molar-refractivity contribution in [2.45, 2.75) is 66.2 Å². The summed E-state index contributed by atoms with van der Waals surface area (Å²) in [6, 6.07) is 0. The van der Waals surface area contributed by atoms with Crippen LogP contribution in [-0.2, 0) is 19.2 Å². The first kappa shape index (κ1) is 24.3. The Balaban J connectivity index is 0.000000439. The van der Waals surface area contributed by atoms with Crippen LogP contribution < -0.4 is 0 Å². The third-order valence-corrected chi connectivity index (χ3v) is 5.31. The molecule has 0 saturated heterocycles. The van der Waals surface area contributed by atoms with E-state index in [2.05, 4.69) is 6.92 Å². The minimum atomic E-state index is -0.821. The Kier molecular flexibility index (Phi) is 11.8. The summed E-state index contributed by atoms with van der Waals surface area (Å²) >= 11 is 0. The van der Waals surface area contributed by atoms with Crippen LogP contribution in [0, 0.1) is 35.5 Å². The zero-order valence-corrected chi connectivity index (χ0v) is 16.4. The van der Waals surface area contributed by atoms with Crippen molar-refractivity contribution >= 4 is 24.5 Å². The van der Waals surface area contributed by atoms with E-state index in [1.165, 1.54) is 0 Å². The Labute approximate surface area is 156 Å². The first-order chi connectivity index (χ1) is 12.3. The molecule has 2 fully saturated rings. The van der Waals surface area contributed by atoms with E-state index in [1.54, 1.807) is 0 Å². The molecule has 2 aliphatic rings. The van der Waals surface area contributed by atoms with Crippen LogP contribution in [0.4, 0.5) is 0 Å². The molecule has 6 nitrogen and oxygen atoms in total. The van der Waals surface area contributed by atoms with Gasteiger partial charge < -0.3 is 19.8 Å². The molecule has 0 amide bonds. The van der Waals surface area contributed by atoms with Gasteiger partial charge in [0, 0.05) is 11.8 Å². The molecule has 0 heterocycles. The topological polar surface area (TPSA) is 109 Å². The molecular weight excluding hydrogens is 336 g/mol. The van der Waals surface area contributed by atoms with E-state index in [0.29, 0.717) is 24.7 Å². The maximum atomic E-state index is 10.7. The molecule has 0 aromatic rings.